The smallest absolute Gasteiger partial charge is 0.417 e. The van der Waals surface area contributed by atoms with E-state index >= 15 is 4.39 Å². The van der Waals surface area contributed by atoms with E-state index in [1.54, 1.807) is 18.2 Å². The zero-order chi connectivity index (χ0) is 41.5. The number of ether oxygens (including phenoxy) is 1. The molecule has 18 heteroatoms. The fourth-order valence-electron chi connectivity index (χ4n) is 7.45. The van der Waals surface area contributed by atoms with Crippen LogP contribution in [0.1, 0.15) is 49.3 Å². The highest BCUT2D eigenvalue weighted by Crippen LogP contribution is 2.40. The van der Waals surface area contributed by atoms with Crippen molar-refractivity contribution in [3.8, 4) is 11.8 Å². The third-order valence-electron chi connectivity index (χ3n) is 10.5. The van der Waals surface area contributed by atoms with Crippen molar-refractivity contribution in [3.63, 3.8) is 0 Å². The first-order valence-electron chi connectivity index (χ1n) is 18.4. The number of benzene rings is 3. The molecule has 0 unspecified atom stereocenters. The summed E-state index contributed by atoms with van der Waals surface area (Å²) in [5, 5.41) is 15.0. The van der Waals surface area contributed by atoms with Crippen molar-refractivity contribution in [1.29, 1.82) is 5.26 Å². The number of piperidine rings is 1. The maximum absolute atomic E-state index is 15.4. The number of hydrogen-bond acceptors (Lipinski definition) is 10. The zero-order valence-corrected chi connectivity index (χ0v) is 32.1. The molecule has 0 aliphatic carbocycles. The summed E-state index contributed by atoms with van der Waals surface area (Å²) >= 11 is 5.55. The Kier molecular flexibility index (Phi) is 11.0. The van der Waals surface area contributed by atoms with Gasteiger partial charge in [-0.25, -0.2) is 4.39 Å². The molecule has 1 aromatic heterocycles. The van der Waals surface area contributed by atoms with Crippen molar-refractivity contribution in [1.82, 2.24) is 15.1 Å². The van der Waals surface area contributed by atoms with Crippen LogP contribution in [0.4, 0.5) is 34.6 Å². The minimum absolute atomic E-state index is 0.0371. The lowest BCUT2D eigenvalue weighted by Gasteiger charge is -2.34. The Morgan fingerprint density at radius 1 is 1.03 bits per heavy atom. The van der Waals surface area contributed by atoms with Crippen molar-refractivity contribution in [3.05, 3.63) is 83.4 Å². The maximum Gasteiger partial charge on any atom is 0.417 e. The Morgan fingerprint density at radius 3 is 2.45 bits per heavy atom. The number of amides is 4. The number of nitrogens with zero attached hydrogens (tertiary/aromatic N) is 5. The van der Waals surface area contributed by atoms with Crippen LogP contribution >= 0.6 is 12.2 Å². The molecule has 302 valence electrons. The van der Waals surface area contributed by atoms with Crippen LogP contribution in [0, 0.1) is 17.1 Å². The highest BCUT2D eigenvalue weighted by molar-refractivity contribution is 7.81. The van der Waals surface area contributed by atoms with Crippen LogP contribution in [0.15, 0.2) is 65.3 Å². The fourth-order valence-corrected chi connectivity index (χ4v) is 7.97. The van der Waals surface area contributed by atoms with E-state index in [1.165, 1.54) is 49.3 Å². The van der Waals surface area contributed by atoms with Gasteiger partial charge in [0.05, 0.1) is 41.6 Å². The molecule has 3 fully saturated rings. The Morgan fingerprint density at radius 2 is 1.76 bits per heavy atom. The summed E-state index contributed by atoms with van der Waals surface area (Å²) in [6, 6.07) is 13.7. The molecule has 7 rings (SSSR count). The maximum atomic E-state index is 15.4. The Bertz CT molecular complexity index is 2370. The van der Waals surface area contributed by atoms with Gasteiger partial charge in [-0.15, -0.1) is 0 Å². The van der Waals surface area contributed by atoms with Gasteiger partial charge in [-0.3, -0.25) is 39.2 Å². The number of anilines is 3. The van der Waals surface area contributed by atoms with E-state index in [4.69, 9.17) is 21.4 Å². The Balaban J connectivity index is 0.899. The highest BCUT2D eigenvalue weighted by atomic mass is 32.1. The number of halogens is 4. The van der Waals surface area contributed by atoms with Crippen LogP contribution in [0.25, 0.3) is 11.0 Å². The van der Waals surface area contributed by atoms with Crippen LogP contribution in [0.3, 0.4) is 0 Å². The second-order valence-electron chi connectivity index (χ2n) is 14.7. The lowest BCUT2D eigenvalue weighted by molar-refractivity contribution is -0.138. The molecule has 3 saturated heterocycles. The zero-order valence-electron chi connectivity index (χ0n) is 31.3. The van der Waals surface area contributed by atoms with Crippen molar-refractivity contribution in [2.24, 2.45) is 0 Å². The largest absolute Gasteiger partial charge is 0.489 e. The van der Waals surface area contributed by atoms with Crippen molar-refractivity contribution in [2.75, 3.05) is 61.0 Å². The van der Waals surface area contributed by atoms with Gasteiger partial charge in [0.25, 0.3) is 5.91 Å². The van der Waals surface area contributed by atoms with E-state index in [-0.39, 0.29) is 59.5 Å². The quantitative estimate of drug-likeness (QED) is 0.118. The van der Waals surface area contributed by atoms with Crippen LogP contribution in [-0.4, -0.2) is 90.0 Å². The summed E-state index contributed by atoms with van der Waals surface area (Å²) in [5.74, 6) is -2.80. The highest BCUT2D eigenvalue weighted by Gasteiger charge is 2.51. The van der Waals surface area contributed by atoms with Crippen molar-refractivity contribution >= 4 is 69.0 Å². The third kappa shape index (κ3) is 7.97. The molecule has 58 heavy (non-hydrogen) atoms. The molecule has 4 aromatic rings. The molecule has 3 aliphatic rings. The lowest BCUT2D eigenvalue weighted by Crippen LogP contribution is -2.49. The second kappa shape index (κ2) is 15.8. The predicted molar refractivity (Wildman–Crippen MR) is 208 cm³/mol. The van der Waals surface area contributed by atoms with Crippen LogP contribution in [-0.2, 0) is 25.4 Å². The summed E-state index contributed by atoms with van der Waals surface area (Å²) in [5.41, 5.74) is -1.40. The number of furan rings is 1. The van der Waals surface area contributed by atoms with Gasteiger partial charge in [0.1, 0.15) is 17.7 Å². The number of rotatable bonds is 10. The van der Waals surface area contributed by atoms with Gasteiger partial charge in [0, 0.05) is 67.5 Å². The SMILES string of the molecule is CC1(C)C(=O)N(c2ccc(C#N)c(C(F)(F)F)c2)C(=S)N1c1ccc(OCCN2CCN(CC(=O)Nc3ccc4occ([C@H]5CCC(=O)NC5=O)c4c3)CC2)c(F)c1. The summed E-state index contributed by atoms with van der Waals surface area (Å²) in [4.78, 5) is 57.0. The van der Waals surface area contributed by atoms with Crippen LogP contribution in [0.2, 0.25) is 0 Å². The summed E-state index contributed by atoms with van der Waals surface area (Å²) in [6.45, 7) is 6.35. The monoisotopic (exact) mass is 819 g/mol. The van der Waals surface area contributed by atoms with Gasteiger partial charge < -0.3 is 19.4 Å². The van der Waals surface area contributed by atoms with Gasteiger partial charge in [-0.05, 0) is 81.0 Å². The van der Waals surface area contributed by atoms with Gasteiger partial charge in [-0.2, -0.15) is 18.4 Å². The van der Waals surface area contributed by atoms with Crippen molar-refractivity contribution in [2.45, 2.75) is 44.3 Å². The molecule has 0 saturated carbocycles. The first kappa shape index (κ1) is 40.3. The van der Waals surface area contributed by atoms with E-state index in [9.17, 15) is 37.6 Å². The molecule has 1 atom stereocenters. The second-order valence-corrected chi connectivity index (χ2v) is 15.1. The number of fused-ring (bicyclic) bond motifs is 1. The molecular formula is C40H37F4N7O6S. The summed E-state index contributed by atoms with van der Waals surface area (Å²) in [7, 11) is 0. The van der Waals surface area contributed by atoms with Crippen molar-refractivity contribution < 1.29 is 45.9 Å². The number of imide groups is 1. The number of hydrogen-bond donors (Lipinski definition) is 2. The summed E-state index contributed by atoms with van der Waals surface area (Å²) < 4.78 is 67.9. The topological polar surface area (TPSA) is 151 Å². The van der Waals surface area contributed by atoms with E-state index in [1.807, 2.05) is 4.90 Å². The molecule has 0 bridgehead atoms. The molecule has 3 aromatic carbocycles. The number of carbonyl (C=O) groups is 4. The minimum atomic E-state index is -4.85. The number of nitrogens with one attached hydrogen (secondary N) is 2. The Hall–Kier alpha value is -5.90. The average molecular weight is 820 g/mol. The molecule has 3 aliphatic heterocycles. The molecular weight excluding hydrogens is 783 g/mol. The normalized spacial score (nSPS) is 19.1. The van der Waals surface area contributed by atoms with Gasteiger partial charge >= 0.3 is 6.18 Å². The van der Waals surface area contributed by atoms with E-state index in [0.29, 0.717) is 67.4 Å². The lowest BCUT2D eigenvalue weighted by atomic mass is 9.90. The molecule has 13 nitrogen and oxygen atoms in total. The Labute approximate surface area is 335 Å². The molecule has 0 spiro atoms. The molecule has 4 amide bonds. The van der Waals surface area contributed by atoms with E-state index in [0.717, 1.165) is 17.0 Å². The number of nitriles is 1. The number of piperazine rings is 1. The number of carbonyl (C=O) groups excluding carboxylic acids is 4. The third-order valence-corrected chi connectivity index (χ3v) is 10.9. The molecule has 4 heterocycles. The van der Waals surface area contributed by atoms with E-state index in [2.05, 4.69) is 15.5 Å². The predicted octanol–water partition coefficient (Wildman–Crippen LogP) is 5.53. The standard InChI is InChI=1S/C40H37F4N7O6S/c1-39(2)37(55)50(25-5-3-23(20-45)30(18-25)40(42,43)44)38(58)51(39)26-6-9-33(31(41)19-26)56-16-15-48-11-13-49(14-12-48)21-35(53)46-24-4-8-32-28(17-24)29(22-57-32)27-7-10-34(52)47-36(27)54/h3-6,8-9,17-19,22,27H,7,10-16,21H2,1-2H3,(H,46,53)(H,47,52,54)/t27-/m1/s1. The van der Waals surface area contributed by atoms with Gasteiger partial charge in [0.2, 0.25) is 17.7 Å². The van der Waals surface area contributed by atoms with Gasteiger partial charge in [-0.1, -0.05) is 0 Å². The first-order chi connectivity index (χ1) is 27.5. The number of alkyl halides is 3. The van der Waals surface area contributed by atoms with Crippen LogP contribution in [0.5, 0.6) is 5.75 Å². The number of thiocarbonyl (C=S) groups is 1. The van der Waals surface area contributed by atoms with E-state index < -0.39 is 40.5 Å². The first-order valence-corrected chi connectivity index (χ1v) is 18.8. The summed E-state index contributed by atoms with van der Waals surface area (Å²) in [6.07, 6.45) is -2.72. The molecule has 0 radical (unpaired) electrons. The van der Waals surface area contributed by atoms with Crippen LogP contribution < -0.4 is 25.2 Å². The van der Waals surface area contributed by atoms with Gasteiger partial charge in [0.15, 0.2) is 16.7 Å². The fraction of sp³-hybridized carbons (Fsp3) is 0.350. The minimum Gasteiger partial charge on any atom is -0.489 e. The molecule has 2 N–H and O–H groups in total. The average Bonchev–Trinajstić information content (AvgIpc) is 3.66.